The predicted molar refractivity (Wildman–Crippen MR) is 106 cm³/mol. The SMILES string of the molecule is NCCn1c2ccc(Nc3ccc(Cl)c(Cl)c3)cc2c2ccncc21. The Morgan fingerprint density at radius 3 is 2.52 bits per heavy atom. The molecule has 0 bridgehead atoms. The maximum atomic E-state index is 6.10. The van der Waals surface area contributed by atoms with Crippen LogP contribution in [0.1, 0.15) is 0 Å². The molecule has 0 aliphatic rings. The Morgan fingerprint density at radius 1 is 0.920 bits per heavy atom. The van der Waals surface area contributed by atoms with Gasteiger partial charge in [0.25, 0.3) is 0 Å². The zero-order valence-corrected chi connectivity index (χ0v) is 14.8. The van der Waals surface area contributed by atoms with Gasteiger partial charge in [-0.3, -0.25) is 4.98 Å². The maximum Gasteiger partial charge on any atom is 0.0678 e. The van der Waals surface area contributed by atoms with Crippen LogP contribution in [0.5, 0.6) is 0 Å². The Hall–Kier alpha value is -2.27. The summed E-state index contributed by atoms with van der Waals surface area (Å²) in [7, 11) is 0. The molecule has 25 heavy (non-hydrogen) atoms. The molecular weight excluding hydrogens is 355 g/mol. The number of pyridine rings is 1. The van der Waals surface area contributed by atoms with Crippen LogP contribution in [0, 0.1) is 0 Å². The lowest BCUT2D eigenvalue weighted by Gasteiger charge is -2.09. The third kappa shape index (κ3) is 2.93. The molecule has 0 amide bonds. The molecule has 4 rings (SSSR count). The van der Waals surface area contributed by atoms with Gasteiger partial charge in [0.15, 0.2) is 0 Å². The zero-order valence-electron chi connectivity index (χ0n) is 13.3. The quantitative estimate of drug-likeness (QED) is 0.519. The van der Waals surface area contributed by atoms with Crippen molar-refractivity contribution < 1.29 is 0 Å². The molecule has 0 unspecified atom stereocenters. The van der Waals surface area contributed by atoms with Crippen LogP contribution in [0.3, 0.4) is 0 Å². The fourth-order valence-corrected chi connectivity index (χ4v) is 3.43. The van der Waals surface area contributed by atoms with Crippen LogP contribution in [0.25, 0.3) is 21.8 Å². The monoisotopic (exact) mass is 370 g/mol. The van der Waals surface area contributed by atoms with Gasteiger partial charge in [0.2, 0.25) is 0 Å². The summed E-state index contributed by atoms with van der Waals surface area (Å²) in [4.78, 5) is 4.25. The van der Waals surface area contributed by atoms with Crippen LogP contribution in [0.15, 0.2) is 54.9 Å². The molecular formula is C19H16Cl2N4. The van der Waals surface area contributed by atoms with Crippen molar-refractivity contribution in [3.63, 3.8) is 0 Å². The minimum atomic E-state index is 0.526. The number of aromatic nitrogens is 2. The molecule has 3 N–H and O–H groups in total. The van der Waals surface area contributed by atoms with Gasteiger partial charge in [-0.15, -0.1) is 0 Å². The predicted octanol–water partition coefficient (Wildman–Crippen LogP) is 5.20. The number of nitrogens with zero attached hydrogens (tertiary/aromatic N) is 2. The van der Waals surface area contributed by atoms with Crippen LogP contribution in [0.4, 0.5) is 11.4 Å². The Kier molecular flexibility index (Phi) is 4.25. The maximum absolute atomic E-state index is 6.10. The zero-order chi connectivity index (χ0) is 17.4. The van der Waals surface area contributed by atoms with Gasteiger partial charge in [0.1, 0.15) is 0 Å². The summed E-state index contributed by atoms with van der Waals surface area (Å²) in [5, 5.41) is 6.77. The topological polar surface area (TPSA) is 55.9 Å². The number of nitrogens with one attached hydrogen (secondary N) is 1. The number of rotatable bonds is 4. The standard InChI is InChI=1S/C19H16Cl2N4/c20-16-3-1-13(10-17(16)21)24-12-2-4-18-15(9-12)14-5-7-23-11-19(14)25(18)8-6-22/h1-5,7,9-11,24H,6,8,22H2. The second kappa shape index (κ2) is 6.56. The average Bonchev–Trinajstić information content (AvgIpc) is 2.93. The lowest BCUT2D eigenvalue weighted by molar-refractivity contribution is 0.756. The van der Waals surface area contributed by atoms with Gasteiger partial charge in [-0.1, -0.05) is 23.2 Å². The van der Waals surface area contributed by atoms with Crippen LogP contribution in [-0.4, -0.2) is 16.1 Å². The molecule has 6 heteroatoms. The fraction of sp³-hybridized carbons (Fsp3) is 0.105. The highest BCUT2D eigenvalue weighted by atomic mass is 35.5. The molecule has 4 nitrogen and oxygen atoms in total. The summed E-state index contributed by atoms with van der Waals surface area (Å²) < 4.78 is 2.21. The molecule has 2 aromatic carbocycles. The van der Waals surface area contributed by atoms with Gasteiger partial charge in [-0.2, -0.15) is 0 Å². The molecule has 0 fully saturated rings. The van der Waals surface area contributed by atoms with Gasteiger partial charge < -0.3 is 15.6 Å². The van der Waals surface area contributed by atoms with E-state index in [1.54, 1.807) is 6.07 Å². The molecule has 0 saturated carbocycles. The summed E-state index contributed by atoms with van der Waals surface area (Å²) in [6, 6.07) is 13.8. The second-order valence-electron chi connectivity index (χ2n) is 5.82. The summed E-state index contributed by atoms with van der Waals surface area (Å²) >= 11 is 12.1. The van der Waals surface area contributed by atoms with Crippen molar-refractivity contribution in [1.29, 1.82) is 0 Å². The number of hydrogen-bond donors (Lipinski definition) is 2. The highest BCUT2D eigenvalue weighted by Crippen LogP contribution is 2.32. The first-order valence-corrected chi connectivity index (χ1v) is 8.71. The van der Waals surface area contributed by atoms with E-state index in [1.165, 1.54) is 0 Å². The Bertz CT molecular complexity index is 1070. The van der Waals surface area contributed by atoms with E-state index in [1.807, 2.05) is 36.7 Å². The number of hydrogen-bond acceptors (Lipinski definition) is 3. The molecule has 126 valence electrons. The van der Waals surface area contributed by atoms with Crippen LogP contribution in [0.2, 0.25) is 10.0 Å². The van der Waals surface area contributed by atoms with Crippen molar-refractivity contribution in [1.82, 2.24) is 9.55 Å². The molecule has 2 aromatic heterocycles. The summed E-state index contributed by atoms with van der Waals surface area (Å²) in [5.74, 6) is 0. The van der Waals surface area contributed by atoms with Crippen LogP contribution in [-0.2, 0) is 6.54 Å². The van der Waals surface area contributed by atoms with Crippen molar-refractivity contribution in [2.75, 3.05) is 11.9 Å². The molecule has 4 aromatic rings. The van der Waals surface area contributed by atoms with E-state index in [0.29, 0.717) is 16.6 Å². The lowest BCUT2D eigenvalue weighted by atomic mass is 10.1. The Morgan fingerprint density at radius 2 is 1.72 bits per heavy atom. The number of benzene rings is 2. The Balaban J connectivity index is 1.82. The molecule has 0 spiro atoms. The first-order chi connectivity index (χ1) is 12.2. The number of nitrogens with two attached hydrogens (primary N) is 1. The second-order valence-corrected chi connectivity index (χ2v) is 6.63. The fourth-order valence-electron chi connectivity index (χ4n) is 3.13. The number of halogens is 2. The highest BCUT2D eigenvalue weighted by Gasteiger charge is 2.11. The van der Waals surface area contributed by atoms with E-state index in [2.05, 4.69) is 27.0 Å². The first kappa shape index (κ1) is 16.2. The number of anilines is 2. The van der Waals surface area contributed by atoms with Crippen molar-refractivity contribution in [2.45, 2.75) is 6.54 Å². The van der Waals surface area contributed by atoms with E-state index in [9.17, 15) is 0 Å². The van der Waals surface area contributed by atoms with E-state index in [4.69, 9.17) is 28.9 Å². The summed E-state index contributed by atoms with van der Waals surface area (Å²) in [6.07, 6.45) is 3.70. The van der Waals surface area contributed by atoms with Gasteiger partial charge >= 0.3 is 0 Å². The Labute approximate surface area is 155 Å². The minimum absolute atomic E-state index is 0.526. The molecule has 0 aliphatic heterocycles. The molecule has 0 radical (unpaired) electrons. The van der Waals surface area contributed by atoms with Crippen LogP contribution >= 0.6 is 23.2 Å². The smallest absolute Gasteiger partial charge is 0.0678 e. The van der Waals surface area contributed by atoms with E-state index in [-0.39, 0.29) is 0 Å². The average molecular weight is 371 g/mol. The van der Waals surface area contributed by atoms with Crippen molar-refractivity contribution >= 4 is 56.4 Å². The normalized spacial score (nSPS) is 11.3. The summed E-state index contributed by atoms with van der Waals surface area (Å²) in [5.41, 5.74) is 9.89. The lowest BCUT2D eigenvalue weighted by Crippen LogP contribution is -2.09. The minimum Gasteiger partial charge on any atom is -0.355 e. The van der Waals surface area contributed by atoms with Gasteiger partial charge in [-0.05, 0) is 42.5 Å². The van der Waals surface area contributed by atoms with E-state index in [0.717, 1.165) is 39.7 Å². The van der Waals surface area contributed by atoms with Crippen LogP contribution < -0.4 is 11.1 Å². The van der Waals surface area contributed by atoms with Crippen molar-refractivity contribution in [3.8, 4) is 0 Å². The van der Waals surface area contributed by atoms with Gasteiger partial charge in [-0.25, -0.2) is 0 Å². The van der Waals surface area contributed by atoms with E-state index >= 15 is 0 Å². The van der Waals surface area contributed by atoms with E-state index < -0.39 is 0 Å². The van der Waals surface area contributed by atoms with Crippen molar-refractivity contribution in [3.05, 3.63) is 64.9 Å². The molecule has 0 saturated heterocycles. The molecule has 2 heterocycles. The third-order valence-corrected chi connectivity index (χ3v) is 4.97. The largest absolute Gasteiger partial charge is 0.355 e. The highest BCUT2D eigenvalue weighted by molar-refractivity contribution is 6.42. The molecule has 0 atom stereocenters. The number of fused-ring (bicyclic) bond motifs is 3. The van der Waals surface area contributed by atoms with Gasteiger partial charge in [0, 0.05) is 47.0 Å². The van der Waals surface area contributed by atoms with Crippen molar-refractivity contribution in [2.24, 2.45) is 5.73 Å². The molecule has 0 aliphatic carbocycles. The van der Waals surface area contributed by atoms with Gasteiger partial charge in [0.05, 0.1) is 21.8 Å². The summed E-state index contributed by atoms with van der Waals surface area (Å²) in [6.45, 7) is 1.34. The third-order valence-electron chi connectivity index (χ3n) is 4.23. The first-order valence-electron chi connectivity index (χ1n) is 7.95.